The van der Waals surface area contributed by atoms with E-state index in [1.165, 1.54) is 0 Å². The largest absolute Gasteiger partial charge is 0.377 e. The third-order valence-corrected chi connectivity index (χ3v) is 3.53. The normalized spacial score (nSPS) is 21.3. The molecule has 0 saturated carbocycles. The Labute approximate surface area is 123 Å². The van der Waals surface area contributed by atoms with E-state index in [1.54, 1.807) is 0 Å². The lowest BCUT2D eigenvalue weighted by Crippen LogP contribution is -2.31. The Bertz CT molecular complexity index is 445. The molecule has 1 aliphatic heterocycles. The monoisotopic (exact) mass is 327 g/mol. The van der Waals surface area contributed by atoms with Crippen molar-refractivity contribution < 1.29 is 4.74 Å². The fraction of sp³-hybridized carbons (Fsp3) is 0.714. The van der Waals surface area contributed by atoms with Crippen LogP contribution < -0.4 is 4.90 Å². The zero-order valence-corrected chi connectivity index (χ0v) is 13.7. The van der Waals surface area contributed by atoms with Crippen molar-refractivity contribution >= 4 is 21.7 Å². The molecular formula is C14H22BrN3O. The number of hydrogen-bond acceptors (Lipinski definition) is 4. The number of anilines is 1. The molecule has 1 saturated heterocycles. The van der Waals surface area contributed by atoms with Gasteiger partial charge in [-0.3, -0.25) is 0 Å². The van der Waals surface area contributed by atoms with E-state index in [2.05, 4.69) is 53.5 Å². The minimum Gasteiger partial charge on any atom is -0.377 e. The summed E-state index contributed by atoms with van der Waals surface area (Å²) in [5.41, 5.74) is -0.0491. The third kappa shape index (κ3) is 3.89. The number of ether oxygens (including phenoxy) is 1. The van der Waals surface area contributed by atoms with Gasteiger partial charge in [-0.15, -0.1) is 0 Å². The molecule has 0 spiro atoms. The summed E-state index contributed by atoms with van der Waals surface area (Å²) in [6.07, 6.45) is 1.28. The first-order valence-corrected chi connectivity index (χ1v) is 7.57. The van der Waals surface area contributed by atoms with Gasteiger partial charge < -0.3 is 9.64 Å². The van der Waals surface area contributed by atoms with Crippen LogP contribution in [-0.4, -0.2) is 35.8 Å². The first-order valence-electron chi connectivity index (χ1n) is 6.78. The van der Waals surface area contributed by atoms with Crippen LogP contribution in [0.2, 0.25) is 0 Å². The van der Waals surface area contributed by atoms with Gasteiger partial charge in [0.2, 0.25) is 0 Å². The summed E-state index contributed by atoms with van der Waals surface area (Å²) in [5.74, 6) is 1.86. The van der Waals surface area contributed by atoms with E-state index in [0.29, 0.717) is 0 Å². The summed E-state index contributed by atoms with van der Waals surface area (Å²) in [5, 5.41) is 0. The zero-order valence-electron chi connectivity index (χ0n) is 12.1. The molecule has 0 amide bonds. The van der Waals surface area contributed by atoms with E-state index in [1.807, 2.05) is 6.07 Å². The first-order chi connectivity index (χ1) is 8.86. The molecule has 19 heavy (non-hydrogen) atoms. The fourth-order valence-electron chi connectivity index (χ4n) is 2.11. The van der Waals surface area contributed by atoms with Gasteiger partial charge in [0.05, 0.1) is 6.10 Å². The molecule has 1 aliphatic rings. The third-order valence-electron chi connectivity index (χ3n) is 3.13. The smallest absolute Gasteiger partial charge is 0.137 e. The van der Waals surface area contributed by atoms with Gasteiger partial charge in [-0.25, -0.2) is 9.97 Å². The van der Waals surface area contributed by atoms with Crippen LogP contribution in [0.4, 0.5) is 5.82 Å². The highest BCUT2D eigenvalue weighted by atomic mass is 79.9. The highest BCUT2D eigenvalue weighted by molar-refractivity contribution is 9.10. The minimum atomic E-state index is -0.0491. The molecule has 1 aromatic heterocycles. The predicted octanol–water partition coefficient (Wildman–Crippen LogP) is 3.15. The van der Waals surface area contributed by atoms with Gasteiger partial charge in [-0.1, -0.05) is 20.8 Å². The summed E-state index contributed by atoms with van der Waals surface area (Å²) in [4.78, 5) is 11.5. The molecule has 5 heteroatoms. The first kappa shape index (κ1) is 14.7. The van der Waals surface area contributed by atoms with Crippen molar-refractivity contribution in [2.75, 3.05) is 24.6 Å². The average Bonchev–Trinajstić information content (AvgIpc) is 2.52. The highest BCUT2D eigenvalue weighted by Crippen LogP contribution is 2.25. The molecule has 2 rings (SSSR count). The highest BCUT2D eigenvalue weighted by Gasteiger charge is 2.22. The molecule has 1 aromatic rings. The van der Waals surface area contributed by atoms with Crippen LogP contribution in [0.1, 0.15) is 39.9 Å². The Morgan fingerprint density at radius 1 is 1.37 bits per heavy atom. The van der Waals surface area contributed by atoms with Gasteiger partial charge >= 0.3 is 0 Å². The minimum absolute atomic E-state index is 0.0491. The molecule has 0 aromatic carbocycles. The van der Waals surface area contributed by atoms with E-state index in [9.17, 15) is 0 Å². The molecule has 106 valence electrons. The Kier molecular flexibility index (Phi) is 4.46. The maximum absolute atomic E-state index is 5.69. The molecule has 1 fully saturated rings. The Balaban J connectivity index is 2.30. The fourth-order valence-corrected chi connectivity index (χ4v) is 2.48. The number of aromatic nitrogens is 2. The molecule has 0 radical (unpaired) electrons. The Morgan fingerprint density at radius 2 is 2.11 bits per heavy atom. The summed E-state index contributed by atoms with van der Waals surface area (Å²) < 4.78 is 6.53. The number of hydrogen-bond donors (Lipinski definition) is 0. The van der Waals surface area contributed by atoms with Crippen molar-refractivity contribution in [1.29, 1.82) is 0 Å². The molecule has 0 N–H and O–H groups in total. The van der Waals surface area contributed by atoms with Gasteiger partial charge in [0.25, 0.3) is 0 Å². The predicted molar refractivity (Wildman–Crippen MR) is 80.7 cm³/mol. The Hall–Kier alpha value is -0.680. The summed E-state index contributed by atoms with van der Waals surface area (Å²) in [6.45, 7) is 11.2. The second kappa shape index (κ2) is 5.75. The maximum Gasteiger partial charge on any atom is 0.137 e. The number of nitrogens with zero attached hydrogens (tertiary/aromatic N) is 3. The van der Waals surface area contributed by atoms with Crippen LogP contribution in [0.5, 0.6) is 0 Å². The quantitative estimate of drug-likeness (QED) is 0.743. The lowest BCUT2D eigenvalue weighted by Gasteiger charge is -2.25. The summed E-state index contributed by atoms with van der Waals surface area (Å²) >= 11 is 3.50. The summed E-state index contributed by atoms with van der Waals surface area (Å²) in [6, 6.07) is 1.99. The maximum atomic E-state index is 5.69. The van der Waals surface area contributed by atoms with E-state index in [4.69, 9.17) is 9.72 Å². The average molecular weight is 328 g/mol. The van der Waals surface area contributed by atoms with E-state index >= 15 is 0 Å². The molecular weight excluding hydrogens is 306 g/mol. The van der Waals surface area contributed by atoms with Crippen LogP contribution in [-0.2, 0) is 10.2 Å². The van der Waals surface area contributed by atoms with Gasteiger partial charge in [0.15, 0.2) is 0 Å². The lowest BCUT2D eigenvalue weighted by atomic mass is 9.96. The standard InChI is InChI=1S/C14H22BrN3O/c1-10-9-18(6-5-7-19-10)12-8-11(15)16-13(17-12)14(2,3)4/h8,10H,5-7,9H2,1-4H3. The van der Waals surface area contributed by atoms with Gasteiger partial charge in [-0.2, -0.15) is 0 Å². The van der Waals surface area contributed by atoms with E-state index < -0.39 is 0 Å². The number of rotatable bonds is 1. The molecule has 0 aliphatic carbocycles. The van der Waals surface area contributed by atoms with E-state index in [0.717, 1.165) is 42.4 Å². The van der Waals surface area contributed by atoms with E-state index in [-0.39, 0.29) is 11.5 Å². The van der Waals surface area contributed by atoms with Crippen molar-refractivity contribution in [1.82, 2.24) is 9.97 Å². The molecule has 4 nitrogen and oxygen atoms in total. The molecule has 1 unspecified atom stereocenters. The van der Waals surface area contributed by atoms with Crippen molar-refractivity contribution in [2.24, 2.45) is 0 Å². The zero-order chi connectivity index (χ0) is 14.0. The van der Waals surface area contributed by atoms with Crippen LogP contribution in [0.3, 0.4) is 0 Å². The van der Waals surface area contributed by atoms with Crippen LogP contribution in [0.25, 0.3) is 0 Å². The topological polar surface area (TPSA) is 38.2 Å². The van der Waals surface area contributed by atoms with Crippen LogP contribution in [0, 0.1) is 0 Å². The van der Waals surface area contributed by atoms with Gasteiger partial charge in [0.1, 0.15) is 16.2 Å². The van der Waals surface area contributed by atoms with Crippen LogP contribution >= 0.6 is 15.9 Å². The van der Waals surface area contributed by atoms with Crippen molar-refractivity contribution in [3.63, 3.8) is 0 Å². The van der Waals surface area contributed by atoms with Gasteiger partial charge in [-0.05, 0) is 29.3 Å². The number of halogens is 1. The molecule has 0 bridgehead atoms. The van der Waals surface area contributed by atoms with Crippen molar-refractivity contribution in [3.05, 3.63) is 16.5 Å². The molecule has 2 heterocycles. The van der Waals surface area contributed by atoms with Crippen molar-refractivity contribution in [3.8, 4) is 0 Å². The summed E-state index contributed by atoms with van der Waals surface area (Å²) in [7, 11) is 0. The van der Waals surface area contributed by atoms with Gasteiger partial charge in [0, 0.05) is 31.2 Å². The SMILES string of the molecule is CC1CN(c2cc(Br)nc(C(C)(C)C)n2)CCCO1. The van der Waals surface area contributed by atoms with Crippen molar-refractivity contribution in [2.45, 2.75) is 45.6 Å². The second-order valence-electron chi connectivity index (χ2n) is 6.10. The second-order valence-corrected chi connectivity index (χ2v) is 6.92. The Morgan fingerprint density at radius 3 is 2.79 bits per heavy atom. The lowest BCUT2D eigenvalue weighted by molar-refractivity contribution is 0.0820. The molecule has 1 atom stereocenters. The van der Waals surface area contributed by atoms with Crippen LogP contribution in [0.15, 0.2) is 10.7 Å².